The summed E-state index contributed by atoms with van der Waals surface area (Å²) in [4.78, 5) is 11.9. The van der Waals surface area contributed by atoms with Gasteiger partial charge in [-0.15, -0.1) is 10.2 Å². The van der Waals surface area contributed by atoms with E-state index in [-0.39, 0.29) is 5.75 Å². The lowest BCUT2D eigenvalue weighted by atomic mass is 9.61. The highest BCUT2D eigenvalue weighted by molar-refractivity contribution is 5.85. The highest BCUT2D eigenvalue weighted by Gasteiger charge is 2.50. The molecule has 2 aliphatic carbocycles. The van der Waals surface area contributed by atoms with Crippen LogP contribution >= 0.6 is 0 Å². The average Bonchev–Trinajstić information content (AvgIpc) is 3.29. The largest absolute Gasteiger partial charge is 0.507 e. The van der Waals surface area contributed by atoms with E-state index in [9.17, 15) is 5.11 Å². The number of phenolic OH excluding ortho intramolecular Hbond substituents is 1. The van der Waals surface area contributed by atoms with Gasteiger partial charge >= 0.3 is 0 Å². The molecule has 0 unspecified atom stereocenters. The molecule has 2 aromatic heterocycles. The highest BCUT2D eigenvalue weighted by atomic mass is 16.3. The number of phenols is 1. The third kappa shape index (κ3) is 4.27. The Morgan fingerprint density at radius 2 is 1.51 bits per heavy atom. The molecule has 3 N–H and O–H groups in total. The number of nitrogens with one attached hydrogen (secondary N) is 2. The van der Waals surface area contributed by atoms with Gasteiger partial charge < -0.3 is 15.4 Å². The van der Waals surface area contributed by atoms with Crippen molar-refractivity contribution in [3.05, 3.63) is 41.6 Å². The SMILES string of the molecule is Oc1ccccc1-c1cc2c3c([nH]c2nn1)CCN(C1CCC(N2CCN(C4CC5(CNC5)C4)CC2)CC1)C3. The zero-order valence-corrected chi connectivity index (χ0v) is 22.9. The minimum absolute atomic E-state index is 0.248. The predicted molar refractivity (Wildman–Crippen MR) is 153 cm³/mol. The van der Waals surface area contributed by atoms with Gasteiger partial charge in [0.15, 0.2) is 5.65 Å². The molecule has 0 bridgehead atoms. The summed E-state index contributed by atoms with van der Waals surface area (Å²) in [5, 5.41) is 23.9. The molecular weight excluding hydrogens is 486 g/mol. The van der Waals surface area contributed by atoms with Gasteiger partial charge in [-0.3, -0.25) is 14.7 Å². The molecule has 1 aromatic carbocycles. The zero-order valence-electron chi connectivity index (χ0n) is 22.9. The number of aromatic amines is 1. The molecule has 2 saturated carbocycles. The number of nitrogens with zero attached hydrogens (tertiary/aromatic N) is 5. The van der Waals surface area contributed by atoms with Crippen LogP contribution in [0.3, 0.4) is 0 Å². The molecule has 5 aliphatic rings. The second kappa shape index (κ2) is 9.54. The van der Waals surface area contributed by atoms with Gasteiger partial charge in [-0.1, -0.05) is 12.1 Å². The Morgan fingerprint density at radius 1 is 0.821 bits per heavy atom. The van der Waals surface area contributed by atoms with Gasteiger partial charge in [0.25, 0.3) is 0 Å². The summed E-state index contributed by atoms with van der Waals surface area (Å²) < 4.78 is 0. The van der Waals surface area contributed by atoms with E-state index in [0.717, 1.165) is 53.9 Å². The van der Waals surface area contributed by atoms with Crippen molar-refractivity contribution >= 4 is 11.0 Å². The minimum atomic E-state index is 0.248. The molecule has 2 saturated heterocycles. The van der Waals surface area contributed by atoms with Crippen LogP contribution in [0.4, 0.5) is 0 Å². The molecule has 5 heterocycles. The maximum Gasteiger partial charge on any atom is 0.160 e. The van der Waals surface area contributed by atoms with Crippen molar-refractivity contribution in [3.8, 4) is 17.0 Å². The molecule has 39 heavy (non-hydrogen) atoms. The number of rotatable bonds is 4. The molecule has 3 aliphatic heterocycles. The van der Waals surface area contributed by atoms with Gasteiger partial charge in [-0.25, -0.2) is 0 Å². The highest BCUT2D eigenvalue weighted by Crippen LogP contribution is 2.46. The quantitative estimate of drug-likeness (QED) is 0.480. The van der Waals surface area contributed by atoms with E-state index in [4.69, 9.17) is 0 Å². The Hall–Kier alpha value is -2.52. The van der Waals surface area contributed by atoms with E-state index < -0.39 is 0 Å². The lowest BCUT2D eigenvalue weighted by molar-refractivity contribution is -0.0567. The number of aromatic hydroxyl groups is 1. The van der Waals surface area contributed by atoms with E-state index in [1.165, 1.54) is 89.1 Å². The third-order valence-corrected chi connectivity index (χ3v) is 10.8. The Morgan fingerprint density at radius 3 is 2.21 bits per heavy atom. The van der Waals surface area contributed by atoms with Crippen LogP contribution in [0.2, 0.25) is 0 Å². The molecule has 8 heteroatoms. The monoisotopic (exact) mass is 527 g/mol. The van der Waals surface area contributed by atoms with Crippen molar-refractivity contribution in [1.82, 2.24) is 35.2 Å². The molecule has 4 fully saturated rings. The summed E-state index contributed by atoms with van der Waals surface area (Å²) in [5.74, 6) is 0.248. The van der Waals surface area contributed by atoms with Crippen molar-refractivity contribution in [1.29, 1.82) is 0 Å². The Bertz CT molecular complexity index is 1340. The normalized spacial score (nSPS) is 28.3. The first-order chi connectivity index (χ1) is 19.1. The summed E-state index contributed by atoms with van der Waals surface area (Å²) >= 11 is 0. The summed E-state index contributed by atoms with van der Waals surface area (Å²) in [5.41, 5.74) is 5.70. The molecule has 0 radical (unpaired) electrons. The molecular formula is C31H41N7O. The van der Waals surface area contributed by atoms with E-state index in [2.05, 4.69) is 41.3 Å². The first-order valence-corrected chi connectivity index (χ1v) is 15.2. The van der Waals surface area contributed by atoms with Gasteiger partial charge in [-0.2, -0.15) is 0 Å². The molecule has 3 aromatic rings. The number of hydrogen-bond acceptors (Lipinski definition) is 7. The van der Waals surface area contributed by atoms with Crippen LogP contribution in [0.15, 0.2) is 30.3 Å². The maximum absolute atomic E-state index is 10.3. The first kappa shape index (κ1) is 24.3. The fourth-order valence-electron chi connectivity index (χ4n) is 8.38. The third-order valence-electron chi connectivity index (χ3n) is 10.8. The van der Waals surface area contributed by atoms with Crippen molar-refractivity contribution < 1.29 is 5.11 Å². The number of aromatic nitrogens is 3. The van der Waals surface area contributed by atoms with Crippen molar-refractivity contribution in [2.24, 2.45) is 5.41 Å². The topological polar surface area (TPSA) is 83.5 Å². The van der Waals surface area contributed by atoms with Crippen LogP contribution in [0.5, 0.6) is 5.75 Å². The minimum Gasteiger partial charge on any atom is -0.507 e. The molecule has 8 nitrogen and oxygen atoms in total. The summed E-state index contributed by atoms with van der Waals surface area (Å²) in [6.07, 6.45) is 9.20. The van der Waals surface area contributed by atoms with Gasteiger partial charge in [0, 0.05) is 93.5 Å². The lowest BCUT2D eigenvalue weighted by Gasteiger charge is -2.58. The molecule has 1 spiro atoms. The fraction of sp³-hybridized carbons (Fsp3) is 0.613. The molecule has 0 amide bonds. The van der Waals surface area contributed by atoms with Crippen LogP contribution in [-0.2, 0) is 13.0 Å². The second-order valence-electron chi connectivity index (χ2n) is 13.0. The van der Waals surface area contributed by atoms with Crippen molar-refractivity contribution in [3.63, 3.8) is 0 Å². The van der Waals surface area contributed by atoms with E-state index in [1.807, 2.05) is 18.2 Å². The maximum atomic E-state index is 10.3. The van der Waals surface area contributed by atoms with E-state index in [1.54, 1.807) is 6.07 Å². The zero-order chi connectivity index (χ0) is 26.0. The number of piperazine rings is 1. The number of para-hydroxylation sites is 1. The standard InChI is InChI=1S/C31H41N7O/c39-29-4-2-1-3-24(29)28-15-25-26-18-38(10-9-27(26)33-30(25)35-34-28)22-7-5-21(6-8-22)36-11-13-37(14-12-36)23-16-31(17-23)19-32-20-31/h1-4,15,21-23,32,39H,5-14,16-20H2,(H,33,35). The molecule has 8 rings (SSSR count). The Balaban J connectivity index is 0.886. The van der Waals surface area contributed by atoms with Gasteiger partial charge in [0.2, 0.25) is 0 Å². The van der Waals surface area contributed by atoms with Crippen LogP contribution in [0.25, 0.3) is 22.3 Å². The van der Waals surface area contributed by atoms with Gasteiger partial charge in [-0.05, 0) is 67.7 Å². The summed E-state index contributed by atoms with van der Waals surface area (Å²) in [6.45, 7) is 9.70. The van der Waals surface area contributed by atoms with E-state index in [0.29, 0.717) is 11.5 Å². The lowest BCUT2D eigenvalue weighted by Crippen LogP contribution is -2.67. The van der Waals surface area contributed by atoms with Crippen LogP contribution < -0.4 is 5.32 Å². The fourth-order valence-corrected chi connectivity index (χ4v) is 8.38. The molecule has 206 valence electrons. The Labute approximate surface area is 230 Å². The second-order valence-corrected chi connectivity index (χ2v) is 13.0. The van der Waals surface area contributed by atoms with Crippen LogP contribution in [0.1, 0.15) is 49.8 Å². The van der Waals surface area contributed by atoms with Crippen molar-refractivity contribution in [2.45, 2.75) is 69.6 Å². The number of fused-ring (bicyclic) bond motifs is 3. The molecule has 0 atom stereocenters. The number of H-pyrrole nitrogens is 1. The van der Waals surface area contributed by atoms with E-state index >= 15 is 0 Å². The van der Waals surface area contributed by atoms with Gasteiger partial charge in [0.05, 0.1) is 5.69 Å². The van der Waals surface area contributed by atoms with Gasteiger partial charge in [0.1, 0.15) is 5.75 Å². The summed E-state index contributed by atoms with van der Waals surface area (Å²) in [7, 11) is 0. The smallest absolute Gasteiger partial charge is 0.160 e. The average molecular weight is 528 g/mol. The van der Waals surface area contributed by atoms with Crippen molar-refractivity contribution in [2.75, 3.05) is 45.8 Å². The first-order valence-electron chi connectivity index (χ1n) is 15.2. The predicted octanol–water partition coefficient (Wildman–Crippen LogP) is 3.37. The van der Waals surface area contributed by atoms with Crippen LogP contribution in [-0.4, -0.2) is 98.9 Å². The van der Waals surface area contributed by atoms with Crippen LogP contribution in [0, 0.1) is 5.41 Å². The Kier molecular flexibility index (Phi) is 5.94. The number of hydrogen-bond donors (Lipinski definition) is 3. The number of benzene rings is 1. The summed E-state index contributed by atoms with van der Waals surface area (Å²) in [6, 6.07) is 11.8.